The fraction of sp³-hybridized carbons (Fsp3) is 0.0952. The summed E-state index contributed by atoms with van der Waals surface area (Å²) in [5.74, 6) is -0.893. The van der Waals surface area contributed by atoms with E-state index in [1.807, 2.05) is 0 Å². The highest BCUT2D eigenvalue weighted by Crippen LogP contribution is 2.36. The number of hydrogen-bond donors (Lipinski definition) is 1. The molecule has 33 heavy (non-hydrogen) atoms. The van der Waals surface area contributed by atoms with Crippen LogP contribution in [0.1, 0.15) is 5.56 Å². The molecule has 0 saturated heterocycles. The summed E-state index contributed by atoms with van der Waals surface area (Å²) >= 11 is 17.5. The molecule has 0 spiro atoms. The SMILES string of the molecule is O=C(CN(c1ccc(Cl)c(Cl)c1)S(=O)(=O)c1ccccc1)Nc1ccc(Cl)c(C(F)(F)F)c1. The molecule has 0 heterocycles. The van der Waals surface area contributed by atoms with Gasteiger partial charge in [0.1, 0.15) is 6.54 Å². The third-order valence-corrected chi connectivity index (χ3v) is 7.22. The number of amides is 1. The van der Waals surface area contributed by atoms with Gasteiger partial charge in [0, 0.05) is 5.69 Å². The maximum atomic E-state index is 13.3. The molecule has 1 N–H and O–H groups in total. The zero-order valence-corrected chi connectivity index (χ0v) is 19.5. The van der Waals surface area contributed by atoms with E-state index >= 15 is 0 Å². The third-order valence-electron chi connectivity index (χ3n) is 4.37. The summed E-state index contributed by atoms with van der Waals surface area (Å²) in [5, 5.41) is 1.95. The fourth-order valence-corrected chi connectivity index (χ4v) is 4.78. The van der Waals surface area contributed by atoms with Gasteiger partial charge in [-0.15, -0.1) is 0 Å². The van der Waals surface area contributed by atoms with E-state index in [1.54, 1.807) is 6.07 Å². The Morgan fingerprint density at radius 1 is 0.879 bits per heavy atom. The van der Waals surface area contributed by atoms with Gasteiger partial charge in [0.2, 0.25) is 5.91 Å². The van der Waals surface area contributed by atoms with Gasteiger partial charge in [-0.05, 0) is 48.5 Å². The molecular weight excluding hydrogens is 524 g/mol. The average Bonchev–Trinajstić information content (AvgIpc) is 2.75. The monoisotopic (exact) mass is 536 g/mol. The van der Waals surface area contributed by atoms with Crippen LogP contribution in [0.2, 0.25) is 15.1 Å². The van der Waals surface area contributed by atoms with E-state index in [9.17, 15) is 26.4 Å². The normalized spacial score (nSPS) is 11.8. The van der Waals surface area contributed by atoms with E-state index in [2.05, 4.69) is 5.32 Å². The molecule has 0 bridgehead atoms. The summed E-state index contributed by atoms with van der Waals surface area (Å²) in [5.41, 5.74) is -1.31. The molecule has 0 aromatic heterocycles. The van der Waals surface area contributed by atoms with Crippen molar-refractivity contribution in [2.75, 3.05) is 16.2 Å². The van der Waals surface area contributed by atoms with Crippen molar-refractivity contribution in [3.8, 4) is 0 Å². The molecule has 0 aliphatic heterocycles. The Hall–Kier alpha value is -2.46. The van der Waals surface area contributed by atoms with Crippen molar-refractivity contribution in [3.05, 3.63) is 87.4 Å². The maximum Gasteiger partial charge on any atom is 0.417 e. The number of carbonyl (C=O) groups is 1. The van der Waals surface area contributed by atoms with E-state index in [-0.39, 0.29) is 26.3 Å². The lowest BCUT2D eigenvalue weighted by molar-refractivity contribution is -0.137. The number of nitrogens with zero attached hydrogens (tertiary/aromatic N) is 1. The molecule has 174 valence electrons. The van der Waals surface area contributed by atoms with Crippen LogP contribution in [0.15, 0.2) is 71.6 Å². The van der Waals surface area contributed by atoms with Crippen molar-refractivity contribution in [1.29, 1.82) is 0 Å². The Labute approximate surface area is 202 Å². The van der Waals surface area contributed by atoms with Crippen molar-refractivity contribution in [3.63, 3.8) is 0 Å². The zero-order chi connectivity index (χ0) is 24.4. The number of sulfonamides is 1. The molecule has 0 unspecified atom stereocenters. The molecular formula is C21H14Cl3F3N2O3S. The fourth-order valence-electron chi connectivity index (χ4n) is 2.83. The van der Waals surface area contributed by atoms with Crippen LogP contribution in [0, 0.1) is 0 Å². The minimum absolute atomic E-state index is 0.0375. The van der Waals surface area contributed by atoms with Gasteiger partial charge in [-0.1, -0.05) is 53.0 Å². The zero-order valence-electron chi connectivity index (χ0n) is 16.4. The van der Waals surface area contributed by atoms with Crippen LogP contribution in [0.3, 0.4) is 0 Å². The first-order valence-electron chi connectivity index (χ1n) is 9.09. The molecule has 3 aromatic rings. The van der Waals surface area contributed by atoms with Gasteiger partial charge in [0.05, 0.1) is 31.2 Å². The molecule has 0 saturated carbocycles. The average molecular weight is 538 g/mol. The lowest BCUT2D eigenvalue weighted by Gasteiger charge is -2.24. The number of benzene rings is 3. The Kier molecular flexibility index (Phi) is 7.48. The molecule has 0 aliphatic rings. The number of hydrogen-bond acceptors (Lipinski definition) is 3. The summed E-state index contributed by atoms with van der Waals surface area (Å²) in [6.07, 6.45) is -4.74. The van der Waals surface area contributed by atoms with Gasteiger partial charge in [0.15, 0.2) is 0 Å². The van der Waals surface area contributed by atoms with Crippen LogP contribution < -0.4 is 9.62 Å². The first-order chi connectivity index (χ1) is 15.4. The van der Waals surface area contributed by atoms with Crippen molar-refractivity contribution in [1.82, 2.24) is 0 Å². The first kappa shape index (κ1) is 25.2. The maximum absolute atomic E-state index is 13.3. The second kappa shape index (κ2) is 9.80. The van der Waals surface area contributed by atoms with Gasteiger partial charge in [-0.25, -0.2) is 8.42 Å². The van der Waals surface area contributed by atoms with Crippen LogP contribution in [-0.4, -0.2) is 20.9 Å². The Bertz CT molecular complexity index is 1290. The molecule has 0 aliphatic carbocycles. The largest absolute Gasteiger partial charge is 0.417 e. The van der Waals surface area contributed by atoms with E-state index in [4.69, 9.17) is 34.8 Å². The van der Waals surface area contributed by atoms with Crippen LogP contribution in [0.4, 0.5) is 24.5 Å². The molecule has 0 fully saturated rings. The van der Waals surface area contributed by atoms with E-state index < -0.39 is 39.2 Å². The van der Waals surface area contributed by atoms with Gasteiger partial charge in [-0.3, -0.25) is 9.10 Å². The molecule has 0 radical (unpaired) electrons. The van der Waals surface area contributed by atoms with Gasteiger partial charge in [0.25, 0.3) is 10.0 Å². The minimum Gasteiger partial charge on any atom is -0.324 e. The summed E-state index contributed by atoms with van der Waals surface area (Å²) in [6, 6.07) is 14.1. The van der Waals surface area contributed by atoms with Crippen LogP contribution in [0.5, 0.6) is 0 Å². The van der Waals surface area contributed by atoms with Gasteiger partial charge >= 0.3 is 6.18 Å². The second-order valence-electron chi connectivity index (χ2n) is 6.66. The third kappa shape index (κ3) is 5.92. The Morgan fingerprint density at radius 2 is 1.52 bits per heavy atom. The quantitative estimate of drug-likeness (QED) is 0.390. The van der Waals surface area contributed by atoms with E-state index in [1.165, 1.54) is 48.5 Å². The van der Waals surface area contributed by atoms with Gasteiger partial charge < -0.3 is 5.32 Å². The molecule has 12 heteroatoms. The lowest BCUT2D eigenvalue weighted by atomic mass is 10.2. The molecule has 3 rings (SSSR count). The van der Waals surface area contributed by atoms with Crippen molar-refractivity contribution >= 4 is 62.1 Å². The number of anilines is 2. The van der Waals surface area contributed by atoms with Crippen LogP contribution >= 0.6 is 34.8 Å². The predicted octanol–water partition coefficient (Wildman–Crippen LogP) is 6.50. The summed E-state index contributed by atoms with van der Waals surface area (Å²) in [7, 11) is -4.24. The molecule has 3 aromatic carbocycles. The van der Waals surface area contributed by atoms with E-state index in [0.717, 1.165) is 10.4 Å². The minimum atomic E-state index is -4.74. The summed E-state index contributed by atoms with van der Waals surface area (Å²) < 4.78 is 66.6. The number of alkyl halides is 3. The lowest BCUT2D eigenvalue weighted by Crippen LogP contribution is -2.38. The predicted molar refractivity (Wildman–Crippen MR) is 123 cm³/mol. The first-order valence-corrected chi connectivity index (χ1v) is 11.7. The van der Waals surface area contributed by atoms with E-state index in [0.29, 0.717) is 6.07 Å². The number of halogens is 6. The molecule has 5 nitrogen and oxygen atoms in total. The highest BCUT2D eigenvalue weighted by molar-refractivity contribution is 7.92. The summed E-state index contributed by atoms with van der Waals surface area (Å²) in [4.78, 5) is 12.6. The number of rotatable bonds is 6. The van der Waals surface area contributed by atoms with Crippen molar-refractivity contribution in [2.24, 2.45) is 0 Å². The highest BCUT2D eigenvalue weighted by atomic mass is 35.5. The van der Waals surface area contributed by atoms with Crippen LogP contribution in [-0.2, 0) is 21.0 Å². The smallest absolute Gasteiger partial charge is 0.324 e. The Balaban J connectivity index is 1.95. The van der Waals surface area contributed by atoms with Crippen LogP contribution in [0.25, 0.3) is 0 Å². The Morgan fingerprint density at radius 3 is 2.12 bits per heavy atom. The summed E-state index contributed by atoms with van der Waals surface area (Å²) in [6.45, 7) is -0.751. The van der Waals surface area contributed by atoms with Gasteiger partial charge in [-0.2, -0.15) is 13.2 Å². The molecule has 1 amide bonds. The topological polar surface area (TPSA) is 66.5 Å². The molecule has 0 atom stereocenters. The second-order valence-corrected chi connectivity index (χ2v) is 9.75. The number of carbonyl (C=O) groups excluding carboxylic acids is 1. The number of nitrogens with one attached hydrogen (secondary N) is 1. The van der Waals surface area contributed by atoms with Crippen molar-refractivity contribution < 1.29 is 26.4 Å². The highest BCUT2D eigenvalue weighted by Gasteiger charge is 2.34. The standard InChI is InChI=1S/C21H14Cl3F3N2O3S/c22-17-8-6-13(10-16(17)21(25,26)27)28-20(30)12-29(14-7-9-18(23)19(24)11-14)33(31,32)15-4-2-1-3-5-15/h1-11H,12H2,(H,28,30). The van der Waals surface area contributed by atoms with Crippen molar-refractivity contribution in [2.45, 2.75) is 11.1 Å².